The van der Waals surface area contributed by atoms with Gasteiger partial charge in [0.05, 0.1) is 19.3 Å². The molecular weight excluding hydrogens is 412 g/mol. The predicted octanol–water partition coefficient (Wildman–Crippen LogP) is 5.81. The number of hydrogen-bond acceptors (Lipinski definition) is 5. The van der Waals surface area contributed by atoms with Crippen LogP contribution >= 0.6 is 11.3 Å². The number of carbonyl (C=O) groups is 2. The second kappa shape index (κ2) is 9.18. The van der Waals surface area contributed by atoms with Gasteiger partial charge >= 0.3 is 5.97 Å². The summed E-state index contributed by atoms with van der Waals surface area (Å²) < 4.78 is 11.7. The Morgan fingerprint density at radius 3 is 2.45 bits per heavy atom. The number of rotatable bonds is 9. The van der Waals surface area contributed by atoms with Gasteiger partial charge in [0.1, 0.15) is 11.5 Å². The van der Waals surface area contributed by atoms with E-state index in [0.29, 0.717) is 23.8 Å². The first-order valence-electron chi connectivity index (χ1n) is 9.99. The molecule has 0 atom stereocenters. The van der Waals surface area contributed by atoms with Crippen LogP contribution in [0.1, 0.15) is 39.1 Å². The monoisotopic (exact) mass is 434 g/mol. The number of aromatic carboxylic acids is 1. The number of methoxy groups -OCH3 is 1. The third-order valence-electron chi connectivity index (χ3n) is 5.12. The SMILES string of the molecule is COc1cc(OCC2CC2)c(/C=C/C(=O)c2ccc(C(=O)O)cc2)cc1-c1cccs1. The molecule has 1 aliphatic carbocycles. The van der Waals surface area contributed by atoms with Crippen LogP contribution in [0.15, 0.2) is 60.0 Å². The maximum atomic E-state index is 12.6. The van der Waals surface area contributed by atoms with Crippen molar-refractivity contribution in [1.29, 1.82) is 0 Å². The van der Waals surface area contributed by atoms with Crippen LogP contribution in [-0.4, -0.2) is 30.6 Å². The third-order valence-corrected chi connectivity index (χ3v) is 6.02. The standard InChI is InChI=1S/C25H22O5S/c1-29-23-14-22(30-15-16-4-5-16)19(13-20(23)24-3-2-12-31-24)10-11-21(26)17-6-8-18(9-7-17)25(27)28/h2-3,6-14,16H,4-5,15H2,1H3,(H,27,28)/b11-10+. The molecule has 0 spiro atoms. The van der Waals surface area contributed by atoms with Crippen LogP contribution in [0.5, 0.6) is 11.5 Å². The van der Waals surface area contributed by atoms with Gasteiger partial charge in [-0.25, -0.2) is 4.79 Å². The van der Waals surface area contributed by atoms with Crippen LogP contribution < -0.4 is 9.47 Å². The van der Waals surface area contributed by atoms with E-state index in [0.717, 1.165) is 21.8 Å². The number of carbonyl (C=O) groups excluding carboxylic acids is 1. The molecule has 0 bridgehead atoms. The largest absolute Gasteiger partial charge is 0.496 e. The summed E-state index contributed by atoms with van der Waals surface area (Å²) in [5.74, 6) is 0.759. The predicted molar refractivity (Wildman–Crippen MR) is 121 cm³/mol. The fourth-order valence-corrected chi connectivity index (χ4v) is 3.90. The second-order valence-corrected chi connectivity index (χ2v) is 8.35. The Balaban J connectivity index is 1.64. The lowest BCUT2D eigenvalue weighted by Crippen LogP contribution is -2.02. The molecule has 1 saturated carbocycles. The maximum absolute atomic E-state index is 12.6. The number of carboxylic acids is 1. The average Bonchev–Trinajstić information content (AvgIpc) is 3.46. The van der Waals surface area contributed by atoms with E-state index >= 15 is 0 Å². The van der Waals surface area contributed by atoms with Crippen LogP contribution in [0.2, 0.25) is 0 Å². The molecule has 1 heterocycles. The van der Waals surface area contributed by atoms with Gasteiger partial charge in [0.2, 0.25) is 0 Å². The van der Waals surface area contributed by atoms with E-state index in [1.807, 2.05) is 29.6 Å². The Morgan fingerprint density at radius 1 is 1.10 bits per heavy atom. The Hall–Kier alpha value is -3.38. The minimum atomic E-state index is -1.02. The molecule has 4 rings (SSSR count). The quantitative estimate of drug-likeness (QED) is 0.340. The first-order chi connectivity index (χ1) is 15.0. The van der Waals surface area contributed by atoms with Crippen molar-refractivity contribution >= 4 is 29.2 Å². The molecule has 0 saturated heterocycles. The molecule has 1 aromatic heterocycles. The van der Waals surface area contributed by atoms with Crippen molar-refractivity contribution in [3.63, 3.8) is 0 Å². The number of thiophene rings is 1. The lowest BCUT2D eigenvalue weighted by molar-refractivity contribution is 0.0696. The van der Waals surface area contributed by atoms with Crippen molar-refractivity contribution in [3.8, 4) is 21.9 Å². The van der Waals surface area contributed by atoms with Gasteiger partial charge in [-0.05, 0) is 60.6 Å². The Morgan fingerprint density at radius 2 is 1.84 bits per heavy atom. The van der Waals surface area contributed by atoms with Gasteiger partial charge in [0.15, 0.2) is 5.78 Å². The van der Waals surface area contributed by atoms with Crippen LogP contribution in [0, 0.1) is 5.92 Å². The van der Waals surface area contributed by atoms with Crippen LogP contribution in [0.25, 0.3) is 16.5 Å². The van der Waals surface area contributed by atoms with E-state index < -0.39 is 5.97 Å². The molecule has 0 unspecified atom stereocenters. The number of hydrogen-bond donors (Lipinski definition) is 1. The smallest absolute Gasteiger partial charge is 0.335 e. The molecule has 0 amide bonds. The van der Waals surface area contributed by atoms with Crippen molar-refractivity contribution in [2.45, 2.75) is 12.8 Å². The summed E-state index contributed by atoms with van der Waals surface area (Å²) >= 11 is 1.61. The summed E-state index contributed by atoms with van der Waals surface area (Å²) in [6.07, 6.45) is 5.59. The minimum absolute atomic E-state index is 0.145. The van der Waals surface area contributed by atoms with Crippen molar-refractivity contribution in [1.82, 2.24) is 0 Å². The third kappa shape index (κ3) is 5.03. The van der Waals surface area contributed by atoms with Crippen molar-refractivity contribution in [3.05, 3.63) is 76.7 Å². The summed E-state index contributed by atoms with van der Waals surface area (Å²) in [5.41, 5.74) is 2.30. The van der Waals surface area contributed by atoms with E-state index in [4.69, 9.17) is 14.6 Å². The van der Waals surface area contributed by atoms with Crippen LogP contribution in [0.4, 0.5) is 0 Å². The zero-order valence-electron chi connectivity index (χ0n) is 17.0. The summed E-state index contributed by atoms with van der Waals surface area (Å²) in [6, 6.07) is 13.8. The van der Waals surface area contributed by atoms with E-state index in [-0.39, 0.29) is 11.3 Å². The first-order valence-corrected chi connectivity index (χ1v) is 10.9. The summed E-state index contributed by atoms with van der Waals surface area (Å²) in [5, 5.41) is 11.0. The summed E-state index contributed by atoms with van der Waals surface area (Å²) in [6.45, 7) is 0.646. The zero-order valence-corrected chi connectivity index (χ0v) is 17.9. The zero-order chi connectivity index (χ0) is 21.8. The molecule has 3 aromatic rings. The van der Waals surface area contributed by atoms with Gasteiger partial charge in [-0.2, -0.15) is 0 Å². The van der Waals surface area contributed by atoms with E-state index in [1.165, 1.54) is 43.2 Å². The number of ketones is 1. The van der Waals surface area contributed by atoms with Gasteiger partial charge in [0.25, 0.3) is 0 Å². The van der Waals surface area contributed by atoms with E-state index in [2.05, 4.69) is 0 Å². The van der Waals surface area contributed by atoms with Crippen LogP contribution in [-0.2, 0) is 0 Å². The Kier molecular flexibility index (Phi) is 6.18. The molecular formula is C25H22O5S. The number of allylic oxidation sites excluding steroid dienone is 1. The molecule has 1 aliphatic rings. The second-order valence-electron chi connectivity index (χ2n) is 7.40. The molecule has 2 aromatic carbocycles. The molecule has 0 radical (unpaired) electrons. The number of ether oxygens (including phenoxy) is 2. The highest BCUT2D eigenvalue weighted by Gasteiger charge is 2.23. The maximum Gasteiger partial charge on any atom is 0.335 e. The minimum Gasteiger partial charge on any atom is -0.496 e. The van der Waals surface area contributed by atoms with Gasteiger partial charge < -0.3 is 14.6 Å². The molecule has 0 aliphatic heterocycles. The summed E-state index contributed by atoms with van der Waals surface area (Å²) in [4.78, 5) is 24.7. The molecule has 6 heteroatoms. The average molecular weight is 435 g/mol. The summed E-state index contributed by atoms with van der Waals surface area (Å²) in [7, 11) is 1.64. The van der Waals surface area contributed by atoms with Crippen molar-refractivity contribution in [2.24, 2.45) is 5.92 Å². The van der Waals surface area contributed by atoms with Gasteiger partial charge in [-0.1, -0.05) is 18.2 Å². The highest BCUT2D eigenvalue weighted by atomic mass is 32.1. The first kappa shape index (κ1) is 20.9. The topological polar surface area (TPSA) is 72.8 Å². The van der Waals surface area contributed by atoms with E-state index in [1.54, 1.807) is 24.5 Å². The molecule has 1 N–H and O–H groups in total. The highest BCUT2D eigenvalue weighted by Crippen LogP contribution is 2.39. The highest BCUT2D eigenvalue weighted by molar-refractivity contribution is 7.13. The number of benzene rings is 2. The van der Waals surface area contributed by atoms with Gasteiger partial charge in [-0.3, -0.25) is 4.79 Å². The van der Waals surface area contributed by atoms with Gasteiger partial charge in [-0.15, -0.1) is 11.3 Å². The van der Waals surface area contributed by atoms with Crippen molar-refractivity contribution in [2.75, 3.05) is 13.7 Å². The Labute approximate surface area is 184 Å². The fourth-order valence-electron chi connectivity index (χ4n) is 3.16. The van der Waals surface area contributed by atoms with Crippen LogP contribution in [0.3, 0.4) is 0 Å². The van der Waals surface area contributed by atoms with E-state index in [9.17, 15) is 9.59 Å². The molecule has 158 valence electrons. The normalized spacial score (nSPS) is 13.3. The molecule has 31 heavy (non-hydrogen) atoms. The Bertz CT molecular complexity index is 1110. The lowest BCUT2D eigenvalue weighted by atomic mass is 10.0. The van der Waals surface area contributed by atoms with Gasteiger partial charge in [0, 0.05) is 27.6 Å². The van der Waals surface area contributed by atoms with Crippen molar-refractivity contribution < 1.29 is 24.2 Å². The number of carboxylic acid groups (broad SMARTS) is 1. The fraction of sp³-hybridized carbons (Fsp3) is 0.200. The molecule has 1 fully saturated rings. The molecule has 5 nitrogen and oxygen atoms in total. The lowest BCUT2D eigenvalue weighted by Gasteiger charge is -2.14.